The lowest BCUT2D eigenvalue weighted by molar-refractivity contribution is 0.0993. The molecule has 12 heteroatoms. The van der Waals surface area contributed by atoms with E-state index in [1.165, 1.54) is 6.07 Å². The van der Waals surface area contributed by atoms with Crippen molar-refractivity contribution < 1.29 is 14.0 Å². The van der Waals surface area contributed by atoms with Gasteiger partial charge in [-0.3, -0.25) is 19.8 Å². The molecule has 0 bridgehead atoms. The monoisotopic (exact) mass is 529 g/mol. The second-order valence-corrected chi connectivity index (χ2v) is 10.1. The van der Waals surface area contributed by atoms with Gasteiger partial charge in [-0.25, -0.2) is 23.4 Å². The molecule has 0 saturated carbocycles. The van der Waals surface area contributed by atoms with E-state index in [9.17, 15) is 14.0 Å². The summed E-state index contributed by atoms with van der Waals surface area (Å²) in [6.45, 7) is 6.47. The van der Waals surface area contributed by atoms with Crippen LogP contribution in [0.2, 0.25) is 0 Å². The Balaban J connectivity index is 0.000000158. The molecule has 2 amide bonds. The van der Waals surface area contributed by atoms with Crippen LogP contribution in [0.15, 0.2) is 48.7 Å². The average Bonchev–Trinajstić information content (AvgIpc) is 3.68. The van der Waals surface area contributed by atoms with Crippen LogP contribution in [0.25, 0.3) is 33.4 Å². The third kappa shape index (κ3) is 4.18. The molecule has 1 aliphatic rings. The number of nitrogens with zero attached hydrogens (tertiary/aromatic N) is 5. The lowest BCUT2D eigenvalue weighted by Gasteiger charge is -2.19. The predicted octanol–water partition coefficient (Wildman–Crippen LogP) is 3.17. The molecule has 4 aromatic heterocycles. The largest absolute Gasteiger partial charge is 0.366 e. The number of halogens is 1. The Morgan fingerprint density at radius 1 is 0.974 bits per heavy atom. The van der Waals surface area contributed by atoms with E-state index in [-0.39, 0.29) is 5.56 Å². The van der Waals surface area contributed by atoms with Gasteiger partial charge in [-0.05, 0) is 45.0 Å². The first kappa shape index (κ1) is 24.6. The topological polar surface area (TPSA) is 156 Å². The summed E-state index contributed by atoms with van der Waals surface area (Å²) in [5.41, 5.74) is 16.3. The third-order valence-electron chi connectivity index (χ3n) is 7.33. The molecule has 7 rings (SSSR count). The minimum Gasteiger partial charge on any atom is -0.366 e. The van der Waals surface area contributed by atoms with Crippen molar-refractivity contribution in [3.8, 4) is 0 Å². The van der Waals surface area contributed by atoms with E-state index in [0.717, 1.165) is 48.0 Å². The molecule has 0 radical (unpaired) electrons. The SMILES string of the molecule is CC(C)N1CCC(c2cc3nc4cc(F)cc(C(N)=O)c4n3[nH]2)C1.NC(=O)c1cccc2nc3cc[nH]n3c12. The number of nitrogens with one attached hydrogen (secondary N) is 2. The van der Waals surface area contributed by atoms with Crippen LogP contribution >= 0.6 is 0 Å². The van der Waals surface area contributed by atoms with Gasteiger partial charge < -0.3 is 16.4 Å². The number of likely N-dealkylation sites (tertiary alicyclic amines) is 1. The van der Waals surface area contributed by atoms with Crippen molar-refractivity contribution in [3.05, 3.63) is 71.3 Å². The number of carbonyl (C=O) groups is 2. The van der Waals surface area contributed by atoms with Gasteiger partial charge in [-0.15, -0.1) is 0 Å². The van der Waals surface area contributed by atoms with Gasteiger partial charge in [0.2, 0.25) is 0 Å². The van der Waals surface area contributed by atoms with Gasteiger partial charge in [-0.1, -0.05) is 6.07 Å². The van der Waals surface area contributed by atoms with Crippen molar-refractivity contribution in [2.75, 3.05) is 13.1 Å². The standard InChI is InChI=1S/C17H20FN5O.C10H8N4O/c1-9(2)22-4-3-10(8-22)13-7-15-20-14-6-11(18)5-12(17(19)24)16(14)23(15)21-13;11-10(15)6-2-1-3-7-9(6)14-8(13-7)4-5-12-14/h5-7,9-10,21H,3-4,8H2,1-2H3,(H2,19,24);1-5,12H,(H2,11,15). The van der Waals surface area contributed by atoms with Crippen molar-refractivity contribution in [3.63, 3.8) is 0 Å². The number of aromatic nitrogens is 6. The normalized spacial score (nSPS) is 16.1. The molecule has 5 heterocycles. The highest BCUT2D eigenvalue weighted by molar-refractivity contribution is 6.05. The average molecular weight is 530 g/mol. The van der Waals surface area contributed by atoms with Crippen LogP contribution < -0.4 is 11.5 Å². The van der Waals surface area contributed by atoms with Gasteiger partial charge in [0.15, 0.2) is 11.3 Å². The molecule has 1 saturated heterocycles. The van der Waals surface area contributed by atoms with Gasteiger partial charge >= 0.3 is 0 Å². The summed E-state index contributed by atoms with van der Waals surface area (Å²) in [5.74, 6) is -1.22. The fraction of sp³-hybridized carbons (Fsp3) is 0.259. The zero-order valence-electron chi connectivity index (χ0n) is 21.5. The Kier molecular flexibility index (Phi) is 5.83. The first-order valence-corrected chi connectivity index (χ1v) is 12.7. The van der Waals surface area contributed by atoms with Crippen LogP contribution in [0, 0.1) is 5.82 Å². The van der Waals surface area contributed by atoms with Gasteiger partial charge in [0.1, 0.15) is 16.9 Å². The minimum atomic E-state index is -0.663. The third-order valence-corrected chi connectivity index (χ3v) is 7.33. The summed E-state index contributed by atoms with van der Waals surface area (Å²) in [6.07, 6.45) is 2.84. The summed E-state index contributed by atoms with van der Waals surface area (Å²) in [5, 5.41) is 6.32. The number of para-hydroxylation sites is 1. The molecule has 6 aromatic rings. The second kappa shape index (κ2) is 9.24. The molecule has 2 aromatic carbocycles. The van der Waals surface area contributed by atoms with E-state index >= 15 is 0 Å². The Morgan fingerprint density at radius 2 is 1.72 bits per heavy atom. The summed E-state index contributed by atoms with van der Waals surface area (Å²) >= 11 is 0. The van der Waals surface area contributed by atoms with Crippen LogP contribution in [0.5, 0.6) is 0 Å². The molecular formula is C27H28FN9O2. The van der Waals surface area contributed by atoms with Crippen molar-refractivity contribution in [2.24, 2.45) is 11.5 Å². The summed E-state index contributed by atoms with van der Waals surface area (Å²) < 4.78 is 17.1. The number of benzene rings is 2. The smallest absolute Gasteiger partial charge is 0.251 e. The van der Waals surface area contributed by atoms with E-state index in [1.54, 1.807) is 27.4 Å². The number of amides is 2. The van der Waals surface area contributed by atoms with Gasteiger partial charge in [-0.2, -0.15) is 0 Å². The van der Waals surface area contributed by atoms with E-state index in [4.69, 9.17) is 11.5 Å². The molecule has 11 nitrogen and oxygen atoms in total. The molecule has 0 spiro atoms. The van der Waals surface area contributed by atoms with E-state index < -0.39 is 17.6 Å². The molecule has 1 aliphatic heterocycles. The number of nitrogens with two attached hydrogens (primary N) is 2. The zero-order valence-corrected chi connectivity index (χ0v) is 21.5. The number of hydrogen-bond donors (Lipinski definition) is 4. The number of H-pyrrole nitrogens is 2. The quantitative estimate of drug-likeness (QED) is 0.276. The van der Waals surface area contributed by atoms with E-state index in [2.05, 4.69) is 38.9 Å². The lowest BCUT2D eigenvalue weighted by Crippen LogP contribution is -2.27. The number of fused-ring (bicyclic) bond motifs is 6. The molecule has 1 fully saturated rings. The number of primary amides is 2. The van der Waals surface area contributed by atoms with Gasteiger partial charge in [0.05, 0.1) is 22.2 Å². The first-order chi connectivity index (χ1) is 18.7. The van der Waals surface area contributed by atoms with Crippen LogP contribution in [0.3, 0.4) is 0 Å². The van der Waals surface area contributed by atoms with Gasteiger partial charge in [0, 0.05) is 48.6 Å². The first-order valence-electron chi connectivity index (χ1n) is 12.7. The molecule has 6 N–H and O–H groups in total. The maximum atomic E-state index is 13.7. The van der Waals surface area contributed by atoms with Crippen molar-refractivity contribution in [1.29, 1.82) is 0 Å². The van der Waals surface area contributed by atoms with Crippen LogP contribution in [-0.2, 0) is 0 Å². The minimum absolute atomic E-state index is 0.140. The zero-order chi connectivity index (χ0) is 27.4. The molecule has 39 heavy (non-hydrogen) atoms. The molecule has 200 valence electrons. The summed E-state index contributed by atoms with van der Waals surface area (Å²) in [7, 11) is 0. The lowest BCUT2D eigenvalue weighted by atomic mass is 10.1. The van der Waals surface area contributed by atoms with Crippen molar-refractivity contribution in [1.82, 2.24) is 34.1 Å². The van der Waals surface area contributed by atoms with E-state index in [1.807, 2.05) is 18.2 Å². The number of aromatic amines is 2. The number of imidazole rings is 2. The number of rotatable bonds is 4. The molecule has 1 unspecified atom stereocenters. The highest BCUT2D eigenvalue weighted by Crippen LogP contribution is 2.30. The fourth-order valence-corrected chi connectivity index (χ4v) is 5.38. The van der Waals surface area contributed by atoms with E-state index in [0.29, 0.717) is 34.2 Å². The van der Waals surface area contributed by atoms with Crippen LogP contribution in [0.1, 0.15) is 52.6 Å². The Morgan fingerprint density at radius 3 is 2.44 bits per heavy atom. The highest BCUT2D eigenvalue weighted by Gasteiger charge is 2.27. The molecule has 0 aliphatic carbocycles. The molecule has 1 atom stereocenters. The van der Waals surface area contributed by atoms with Crippen LogP contribution in [0.4, 0.5) is 4.39 Å². The highest BCUT2D eigenvalue weighted by atomic mass is 19.1. The summed E-state index contributed by atoms with van der Waals surface area (Å²) in [4.78, 5) is 34.1. The maximum absolute atomic E-state index is 13.7. The Hall–Kier alpha value is -4.71. The van der Waals surface area contributed by atoms with Crippen molar-refractivity contribution >= 4 is 45.2 Å². The summed E-state index contributed by atoms with van der Waals surface area (Å²) in [6, 6.07) is 12.1. The van der Waals surface area contributed by atoms with Gasteiger partial charge in [0.25, 0.3) is 11.8 Å². The van der Waals surface area contributed by atoms with Crippen LogP contribution in [-0.4, -0.2) is 65.0 Å². The Bertz CT molecular complexity index is 1880. The predicted molar refractivity (Wildman–Crippen MR) is 145 cm³/mol. The molecular weight excluding hydrogens is 501 g/mol. The second-order valence-electron chi connectivity index (χ2n) is 10.1. The van der Waals surface area contributed by atoms with Crippen molar-refractivity contribution in [2.45, 2.75) is 32.2 Å². The maximum Gasteiger partial charge on any atom is 0.251 e. The fourth-order valence-electron chi connectivity index (χ4n) is 5.38. The number of carbonyl (C=O) groups excluding carboxylic acids is 2. The number of hydrogen-bond acceptors (Lipinski definition) is 5. The Labute approximate surface area is 221 Å².